The predicted molar refractivity (Wildman–Crippen MR) is 57.5 cm³/mol. The molecule has 14 heavy (non-hydrogen) atoms. The van der Waals surface area contributed by atoms with Gasteiger partial charge < -0.3 is 4.74 Å². The molecule has 0 aliphatic carbocycles. The van der Waals surface area contributed by atoms with Gasteiger partial charge in [-0.1, -0.05) is 40.6 Å². The standard InChI is InChI=1S/C9H4Cl2NOS/c10-6-2-1-3-7(11)9(6)13-8-4-12-5-14-8/h1-4H. The van der Waals surface area contributed by atoms with E-state index in [1.165, 1.54) is 11.3 Å². The van der Waals surface area contributed by atoms with Crippen molar-refractivity contribution in [1.29, 1.82) is 0 Å². The normalized spacial score (nSPS) is 10.1. The maximum absolute atomic E-state index is 5.91. The van der Waals surface area contributed by atoms with Crippen LogP contribution in [0.3, 0.4) is 0 Å². The third-order valence-electron chi connectivity index (χ3n) is 1.49. The van der Waals surface area contributed by atoms with E-state index < -0.39 is 0 Å². The van der Waals surface area contributed by atoms with Gasteiger partial charge in [0.1, 0.15) is 0 Å². The predicted octanol–water partition coefficient (Wildman–Crippen LogP) is 4.04. The van der Waals surface area contributed by atoms with Crippen LogP contribution in [0.2, 0.25) is 10.0 Å². The van der Waals surface area contributed by atoms with Gasteiger partial charge in [-0.05, 0) is 12.1 Å². The van der Waals surface area contributed by atoms with Crippen molar-refractivity contribution >= 4 is 34.5 Å². The molecular weight excluding hydrogens is 241 g/mol. The van der Waals surface area contributed by atoms with Crippen molar-refractivity contribution in [2.75, 3.05) is 0 Å². The zero-order chi connectivity index (χ0) is 9.97. The summed E-state index contributed by atoms with van der Waals surface area (Å²) in [6.07, 6.45) is 1.56. The number of ether oxygens (including phenoxy) is 1. The van der Waals surface area contributed by atoms with E-state index in [1.807, 2.05) is 0 Å². The molecule has 5 heteroatoms. The van der Waals surface area contributed by atoms with Gasteiger partial charge >= 0.3 is 0 Å². The molecule has 0 unspecified atom stereocenters. The molecule has 0 saturated heterocycles. The molecule has 0 saturated carbocycles. The van der Waals surface area contributed by atoms with Crippen molar-refractivity contribution in [2.45, 2.75) is 0 Å². The molecule has 1 aromatic carbocycles. The Morgan fingerprint density at radius 3 is 2.57 bits per heavy atom. The van der Waals surface area contributed by atoms with Crippen molar-refractivity contribution < 1.29 is 4.74 Å². The SMILES string of the molecule is Clc1cccc(Cl)c1Oc1cn[c]s1. The van der Waals surface area contributed by atoms with Crippen LogP contribution in [-0.4, -0.2) is 4.98 Å². The fourth-order valence-corrected chi connectivity index (χ4v) is 1.80. The van der Waals surface area contributed by atoms with Gasteiger partial charge in [-0.25, -0.2) is 4.98 Å². The van der Waals surface area contributed by atoms with Gasteiger partial charge in [0, 0.05) is 0 Å². The molecule has 0 spiro atoms. The summed E-state index contributed by atoms with van der Waals surface area (Å²) in [5, 5.41) is 1.57. The Morgan fingerprint density at radius 2 is 2.00 bits per heavy atom. The summed E-state index contributed by atoms with van der Waals surface area (Å²) in [7, 11) is 0. The Hall–Kier alpha value is -0.770. The van der Waals surface area contributed by atoms with Crippen LogP contribution in [0.4, 0.5) is 0 Å². The molecule has 0 bridgehead atoms. The number of halogens is 2. The van der Waals surface area contributed by atoms with E-state index in [0.29, 0.717) is 20.9 Å². The lowest BCUT2D eigenvalue weighted by Gasteiger charge is -2.05. The van der Waals surface area contributed by atoms with Crippen molar-refractivity contribution in [3.05, 3.63) is 40.0 Å². The van der Waals surface area contributed by atoms with E-state index in [9.17, 15) is 0 Å². The topological polar surface area (TPSA) is 22.1 Å². The molecule has 1 heterocycles. The highest BCUT2D eigenvalue weighted by atomic mass is 35.5. The quantitative estimate of drug-likeness (QED) is 0.796. The van der Waals surface area contributed by atoms with Gasteiger partial charge in [-0.3, -0.25) is 0 Å². The second kappa shape index (κ2) is 4.17. The van der Waals surface area contributed by atoms with Gasteiger partial charge in [0.05, 0.1) is 16.2 Å². The summed E-state index contributed by atoms with van der Waals surface area (Å²) in [4.78, 5) is 3.76. The Balaban J connectivity index is 2.33. The zero-order valence-electron chi connectivity index (χ0n) is 6.83. The van der Waals surface area contributed by atoms with E-state index in [-0.39, 0.29) is 0 Å². The molecule has 0 N–H and O–H groups in total. The largest absolute Gasteiger partial charge is 0.442 e. The average Bonchev–Trinajstić information content (AvgIpc) is 2.64. The summed E-state index contributed by atoms with van der Waals surface area (Å²) < 4.78 is 5.44. The lowest BCUT2D eigenvalue weighted by molar-refractivity contribution is 0.496. The minimum atomic E-state index is 0.452. The minimum absolute atomic E-state index is 0.452. The molecule has 2 rings (SSSR count). The van der Waals surface area contributed by atoms with Crippen LogP contribution in [0.1, 0.15) is 0 Å². The first-order chi connectivity index (χ1) is 6.77. The molecule has 2 aromatic rings. The molecule has 0 aliphatic heterocycles. The minimum Gasteiger partial charge on any atom is -0.442 e. The fourth-order valence-electron chi connectivity index (χ4n) is 0.905. The first-order valence-corrected chi connectivity index (χ1v) is 5.28. The molecule has 1 aromatic heterocycles. The van der Waals surface area contributed by atoms with Crippen molar-refractivity contribution in [3.63, 3.8) is 0 Å². The van der Waals surface area contributed by atoms with E-state index in [0.717, 1.165) is 0 Å². The molecule has 0 aliphatic rings. The van der Waals surface area contributed by atoms with Crippen LogP contribution in [0.25, 0.3) is 0 Å². The monoisotopic (exact) mass is 244 g/mol. The summed E-state index contributed by atoms with van der Waals surface area (Å²) in [6.45, 7) is 0. The number of nitrogens with zero attached hydrogens (tertiary/aromatic N) is 1. The molecule has 0 atom stereocenters. The number of aromatic nitrogens is 1. The number of thiazole rings is 1. The average molecular weight is 245 g/mol. The van der Waals surface area contributed by atoms with E-state index in [1.54, 1.807) is 24.4 Å². The number of para-hydroxylation sites is 1. The smallest absolute Gasteiger partial charge is 0.201 e. The number of hydrogen-bond acceptors (Lipinski definition) is 3. The number of rotatable bonds is 2. The molecule has 71 valence electrons. The lowest BCUT2D eigenvalue weighted by atomic mass is 10.3. The first kappa shape index (κ1) is 9.77. The highest BCUT2D eigenvalue weighted by Crippen LogP contribution is 2.36. The zero-order valence-corrected chi connectivity index (χ0v) is 9.16. The van der Waals surface area contributed by atoms with Crippen LogP contribution >= 0.6 is 34.5 Å². The first-order valence-electron chi connectivity index (χ1n) is 3.71. The molecule has 0 fully saturated rings. The molecule has 2 nitrogen and oxygen atoms in total. The molecule has 1 radical (unpaired) electrons. The van der Waals surface area contributed by atoms with Crippen molar-refractivity contribution in [2.24, 2.45) is 0 Å². The maximum Gasteiger partial charge on any atom is 0.201 e. The van der Waals surface area contributed by atoms with E-state index in [4.69, 9.17) is 27.9 Å². The van der Waals surface area contributed by atoms with Gasteiger partial charge in [0.25, 0.3) is 0 Å². The summed E-state index contributed by atoms with van der Waals surface area (Å²) in [5.74, 6) is 0.452. The Kier molecular flexibility index (Phi) is 2.91. The van der Waals surface area contributed by atoms with E-state index in [2.05, 4.69) is 10.5 Å². The van der Waals surface area contributed by atoms with Gasteiger partial charge in [-0.15, -0.1) is 0 Å². The third-order valence-corrected chi connectivity index (χ3v) is 2.67. The van der Waals surface area contributed by atoms with Gasteiger partial charge in [0.2, 0.25) is 5.06 Å². The fraction of sp³-hybridized carbons (Fsp3) is 0. The van der Waals surface area contributed by atoms with Crippen molar-refractivity contribution in [1.82, 2.24) is 4.98 Å². The summed E-state index contributed by atoms with van der Waals surface area (Å²) in [6, 6.07) is 5.19. The van der Waals surface area contributed by atoms with Crippen LogP contribution in [0, 0.1) is 5.51 Å². The Labute approximate surface area is 95.1 Å². The summed E-state index contributed by atoms with van der Waals surface area (Å²) in [5.41, 5.74) is 2.67. The van der Waals surface area contributed by atoms with Crippen LogP contribution in [-0.2, 0) is 0 Å². The number of hydrogen-bond donors (Lipinski definition) is 0. The molecule has 0 amide bonds. The highest BCUT2D eigenvalue weighted by molar-refractivity contribution is 7.11. The Bertz CT molecular complexity index is 410. The number of benzene rings is 1. The van der Waals surface area contributed by atoms with Gasteiger partial charge in [-0.2, -0.15) is 0 Å². The van der Waals surface area contributed by atoms with Crippen LogP contribution in [0.5, 0.6) is 10.8 Å². The second-order valence-electron chi connectivity index (χ2n) is 2.42. The highest BCUT2D eigenvalue weighted by Gasteiger charge is 2.08. The van der Waals surface area contributed by atoms with Crippen LogP contribution in [0.15, 0.2) is 24.4 Å². The van der Waals surface area contributed by atoms with Crippen molar-refractivity contribution in [3.8, 4) is 10.8 Å². The summed E-state index contributed by atoms with van der Waals surface area (Å²) >= 11 is 13.1. The second-order valence-corrected chi connectivity index (χ2v) is 4.03. The Morgan fingerprint density at radius 1 is 1.29 bits per heavy atom. The third kappa shape index (κ3) is 2.00. The van der Waals surface area contributed by atoms with Gasteiger partial charge in [0.15, 0.2) is 11.3 Å². The van der Waals surface area contributed by atoms with E-state index >= 15 is 0 Å². The maximum atomic E-state index is 5.91. The molecular formula is C9H4Cl2NOS. The van der Waals surface area contributed by atoms with Crippen LogP contribution < -0.4 is 4.74 Å². The lowest BCUT2D eigenvalue weighted by Crippen LogP contribution is -1.83.